The fourth-order valence-corrected chi connectivity index (χ4v) is 4.87. The number of benzene rings is 2. The summed E-state index contributed by atoms with van der Waals surface area (Å²) in [6, 6.07) is 8.83. The standard InChI is InChI=1S/C23H31OP/c1-13(2)19-9-10-20(14(3)4)21(12-19)25-23(24)22-16(6)11-15(5)17(7)18(22)8/h9-14,25H,1-8H3. The van der Waals surface area contributed by atoms with Gasteiger partial charge < -0.3 is 0 Å². The minimum atomic E-state index is 0.183. The molecule has 0 aromatic heterocycles. The van der Waals surface area contributed by atoms with E-state index in [1.165, 1.54) is 27.6 Å². The average Bonchev–Trinajstić information content (AvgIpc) is 2.52. The summed E-state index contributed by atoms with van der Waals surface area (Å²) in [4.78, 5) is 13.2. The number of hydrogen-bond donors (Lipinski definition) is 0. The summed E-state index contributed by atoms with van der Waals surface area (Å²) in [5, 5.41) is 1.21. The molecule has 2 aromatic carbocycles. The molecule has 0 aliphatic carbocycles. The van der Waals surface area contributed by atoms with Crippen molar-refractivity contribution in [2.45, 2.75) is 67.2 Å². The molecule has 2 heteroatoms. The fraction of sp³-hybridized carbons (Fsp3) is 0.435. The van der Waals surface area contributed by atoms with Crippen molar-refractivity contribution < 1.29 is 4.79 Å². The summed E-state index contributed by atoms with van der Waals surface area (Å²) in [7, 11) is 0.183. The summed E-state index contributed by atoms with van der Waals surface area (Å²) in [5.41, 5.74) is 8.54. The van der Waals surface area contributed by atoms with Crippen LogP contribution in [0, 0.1) is 27.7 Å². The van der Waals surface area contributed by atoms with Crippen LogP contribution in [0.25, 0.3) is 0 Å². The van der Waals surface area contributed by atoms with Crippen LogP contribution in [0.3, 0.4) is 0 Å². The van der Waals surface area contributed by atoms with Gasteiger partial charge in [0.25, 0.3) is 0 Å². The molecule has 1 unspecified atom stereocenters. The lowest BCUT2D eigenvalue weighted by atomic mass is 9.95. The van der Waals surface area contributed by atoms with Crippen molar-refractivity contribution in [1.29, 1.82) is 0 Å². The molecule has 0 saturated heterocycles. The van der Waals surface area contributed by atoms with Crippen molar-refractivity contribution in [2.24, 2.45) is 0 Å². The lowest BCUT2D eigenvalue weighted by Crippen LogP contribution is -2.12. The largest absolute Gasteiger partial charge is 0.289 e. The molecule has 0 N–H and O–H groups in total. The first-order valence-corrected chi connectivity index (χ1v) is 10.2. The van der Waals surface area contributed by atoms with Gasteiger partial charge in [0.1, 0.15) is 0 Å². The maximum Gasteiger partial charge on any atom is 0.186 e. The Hall–Kier alpha value is -1.46. The molecular formula is C23H31OP. The van der Waals surface area contributed by atoms with E-state index in [0.717, 1.165) is 16.7 Å². The van der Waals surface area contributed by atoms with Gasteiger partial charge in [0.05, 0.1) is 0 Å². The van der Waals surface area contributed by atoms with Gasteiger partial charge in [-0.3, -0.25) is 4.79 Å². The minimum absolute atomic E-state index is 0.183. The topological polar surface area (TPSA) is 17.1 Å². The van der Waals surface area contributed by atoms with E-state index in [4.69, 9.17) is 0 Å². The molecule has 0 amide bonds. The molecule has 134 valence electrons. The van der Waals surface area contributed by atoms with Crippen molar-refractivity contribution >= 4 is 19.4 Å². The normalized spacial score (nSPS) is 11.9. The Balaban J connectivity index is 2.48. The van der Waals surface area contributed by atoms with Crippen LogP contribution in [0.4, 0.5) is 0 Å². The fourth-order valence-electron chi connectivity index (χ4n) is 3.36. The Labute approximate surface area is 155 Å². The highest BCUT2D eigenvalue weighted by Crippen LogP contribution is 2.31. The molecule has 25 heavy (non-hydrogen) atoms. The van der Waals surface area contributed by atoms with Gasteiger partial charge >= 0.3 is 0 Å². The monoisotopic (exact) mass is 354 g/mol. The number of hydrogen-bond acceptors (Lipinski definition) is 1. The van der Waals surface area contributed by atoms with Gasteiger partial charge in [0.2, 0.25) is 0 Å². The Morgan fingerprint density at radius 1 is 0.840 bits per heavy atom. The molecule has 0 heterocycles. The second-order valence-electron chi connectivity index (χ2n) is 7.75. The van der Waals surface area contributed by atoms with Gasteiger partial charge in [-0.05, 0) is 86.8 Å². The van der Waals surface area contributed by atoms with E-state index >= 15 is 0 Å². The van der Waals surface area contributed by atoms with Crippen LogP contribution in [0.1, 0.15) is 83.3 Å². The predicted octanol–water partition coefficient (Wildman–Crippen LogP) is 6.31. The van der Waals surface area contributed by atoms with Crippen molar-refractivity contribution in [3.63, 3.8) is 0 Å². The van der Waals surface area contributed by atoms with Gasteiger partial charge in [-0.25, -0.2) is 0 Å². The van der Waals surface area contributed by atoms with Gasteiger partial charge in [0, 0.05) is 5.56 Å². The second kappa shape index (κ2) is 7.83. The molecule has 1 atom stereocenters. The summed E-state index contributed by atoms with van der Waals surface area (Å²) in [5.74, 6) is 0.906. The van der Waals surface area contributed by atoms with E-state index in [9.17, 15) is 4.79 Å². The lowest BCUT2D eigenvalue weighted by Gasteiger charge is -2.18. The van der Waals surface area contributed by atoms with Gasteiger partial charge in [0.15, 0.2) is 5.52 Å². The molecule has 1 nitrogen and oxygen atoms in total. The van der Waals surface area contributed by atoms with Crippen LogP contribution in [-0.4, -0.2) is 5.52 Å². The Kier molecular flexibility index (Phi) is 6.22. The minimum Gasteiger partial charge on any atom is -0.289 e. The zero-order valence-electron chi connectivity index (χ0n) is 16.9. The molecule has 0 saturated carbocycles. The molecule has 0 aliphatic rings. The molecule has 0 fully saturated rings. The Morgan fingerprint density at radius 3 is 2.04 bits per heavy atom. The molecule has 0 radical (unpaired) electrons. The van der Waals surface area contributed by atoms with E-state index in [-0.39, 0.29) is 14.1 Å². The van der Waals surface area contributed by atoms with Gasteiger partial charge in [-0.15, -0.1) is 0 Å². The van der Waals surface area contributed by atoms with E-state index in [1.54, 1.807) is 0 Å². The molecule has 0 spiro atoms. The van der Waals surface area contributed by atoms with Crippen LogP contribution in [0.15, 0.2) is 24.3 Å². The number of rotatable bonds is 5. The first-order valence-electron chi connectivity index (χ1n) is 9.16. The molecule has 2 rings (SSSR count). The number of aryl methyl sites for hydroxylation is 2. The Morgan fingerprint density at radius 2 is 1.48 bits per heavy atom. The van der Waals surface area contributed by atoms with E-state index in [2.05, 4.69) is 79.7 Å². The van der Waals surface area contributed by atoms with Crippen molar-refractivity contribution in [2.75, 3.05) is 0 Å². The van der Waals surface area contributed by atoms with E-state index in [0.29, 0.717) is 11.8 Å². The first-order chi connectivity index (χ1) is 11.6. The third-order valence-corrected chi connectivity index (χ3v) is 6.38. The maximum absolute atomic E-state index is 13.2. The van der Waals surface area contributed by atoms with Crippen molar-refractivity contribution in [1.82, 2.24) is 0 Å². The first kappa shape index (κ1) is 19.9. The zero-order valence-corrected chi connectivity index (χ0v) is 17.9. The highest BCUT2D eigenvalue weighted by molar-refractivity contribution is 7.66. The Bertz CT molecular complexity index is 800. The molecular weight excluding hydrogens is 323 g/mol. The third kappa shape index (κ3) is 4.21. The van der Waals surface area contributed by atoms with Gasteiger partial charge in [-0.1, -0.05) is 52.0 Å². The summed E-state index contributed by atoms with van der Waals surface area (Å²) in [6.07, 6.45) is 0. The summed E-state index contributed by atoms with van der Waals surface area (Å²) < 4.78 is 0. The number of carbonyl (C=O) groups is 1. The van der Waals surface area contributed by atoms with E-state index < -0.39 is 0 Å². The smallest absolute Gasteiger partial charge is 0.186 e. The molecule has 0 aliphatic heterocycles. The van der Waals surface area contributed by atoms with Crippen LogP contribution in [0.5, 0.6) is 0 Å². The molecule has 2 aromatic rings. The van der Waals surface area contributed by atoms with Crippen molar-refractivity contribution in [3.8, 4) is 0 Å². The zero-order chi connectivity index (χ0) is 18.9. The highest BCUT2D eigenvalue weighted by atomic mass is 31.1. The van der Waals surface area contributed by atoms with Crippen LogP contribution in [0.2, 0.25) is 0 Å². The highest BCUT2D eigenvalue weighted by Gasteiger charge is 2.18. The van der Waals surface area contributed by atoms with Crippen molar-refractivity contribution in [3.05, 3.63) is 63.2 Å². The van der Waals surface area contributed by atoms with Crippen LogP contribution in [-0.2, 0) is 0 Å². The average molecular weight is 354 g/mol. The van der Waals surface area contributed by atoms with Gasteiger partial charge in [-0.2, -0.15) is 0 Å². The maximum atomic E-state index is 13.2. The summed E-state index contributed by atoms with van der Waals surface area (Å²) >= 11 is 0. The quantitative estimate of drug-likeness (QED) is 0.575. The lowest BCUT2D eigenvalue weighted by molar-refractivity contribution is 0.108. The SMILES string of the molecule is Cc1cc(C)c(C(=O)Pc2cc(C(C)C)ccc2C(C)C)c(C)c1C. The van der Waals surface area contributed by atoms with Crippen LogP contribution < -0.4 is 5.30 Å². The summed E-state index contributed by atoms with van der Waals surface area (Å²) in [6.45, 7) is 17.2. The second-order valence-corrected chi connectivity index (χ2v) is 8.99. The van der Waals surface area contributed by atoms with Crippen LogP contribution >= 0.6 is 8.58 Å². The predicted molar refractivity (Wildman–Crippen MR) is 112 cm³/mol. The van der Waals surface area contributed by atoms with E-state index in [1.807, 2.05) is 0 Å². The molecule has 0 bridgehead atoms. The number of carbonyl (C=O) groups excluding carboxylic acids is 1. The third-order valence-electron chi connectivity index (χ3n) is 5.20.